The molecule has 2 aliphatic rings. The van der Waals surface area contributed by atoms with Gasteiger partial charge in [0.1, 0.15) is 11.7 Å². The van der Waals surface area contributed by atoms with Gasteiger partial charge in [-0.2, -0.15) is 0 Å². The van der Waals surface area contributed by atoms with Gasteiger partial charge >= 0.3 is 0 Å². The van der Waals surface area contributed by atoms with E-state index in [2.05, 4.69) is 31.3 Å². The zero-order valence-electron chi connectivity index (χ0n) is 16.7. The van der Waals surface area contributed by atoms with E-state index in [9.17, 15) is 9.59 Å². The molecule has 4 N–H and O–H groups in total. The number of amidine groups is 2. The quantitative estimate of drug-likeness (QED) is 0.517. The van der Waals surface area contributed by atoms with Crippen molar-refractivity contribution in [3.8, 4) is 0 Å². The first-order chi connectivity index (χ1) is 14.7. The van der Waals surface area contributed by atoms with E-state index in [1.165, 1.54) is 12.2 Å². The van der Waals surface area contributed by atoms with E-state index < -0.39 is 0 Å². The van der Waals surface area contributed by atoms with E-state index >= 15 is 0 Å². The second-order valence-electron chi connectivity index (χ2n) is 6.79. The molecule has 0 atom stereocenters. The second kappa shape index (κ2) is 10.4. The fraction of sp³-hybridized carbons (Fsp3) is 0.182. The number of hydrogen-bond donors (Lipinski definition) is 4. The minimum Gasteiger partial charge on any atom is -0.368 e. The van der Waals surface area contributed by atoms with Crippen LogP contribution in [0.3, 0.4) is 0 Å². The fourth-order valence-electron chi connectivity index (χ4n) is 3.19. The maximum Gasteiger partial charge on any atom is 0.248 e. The molecule has 0 aliphatic carbocycles. The van der Waals surface area contributed by atoms with Crippen molar-refractivity contribution in [3.05, 3.63) is 71.8 Å². The first-order valence-electron chi connectivity index (χ1n) is 9.75. The van der Waals surface area contributed by atoms with Gasteiger partial charge in [0.15, 0.2) is 0 Å². The van der Waals surface area contributed by atoms with Crippen LogP contribution in [0.2, 0.25) is 0 Å². The van der Waals surface area contributed by atoms with Crippen LogP contribution in [0.5, 0.6) is 0 Å². The lowest BCUT2D eigenvalue weighted by atomic mass is 10.2. The predicted octanol–water partition coefficient (Wildman–Crippen LogP) is 1.94. The molecule has 0 spiro atoms. The normalized spacial score (nSPS) is 14.7. The highest BCUT2D eigenvalue weighted by atomic mass is 35.5. The summed E-state index contributed by atoms with van der Waals surface area (Å²) in [6, 6.07) is 14.8. The molecule has 2 aromatic rings. The summed E-state index contributed by atoms with van der Waals surface area (Å²) in [4.78, 5) is 33.1. The number of carbonyl (C=O) groups excluding carboxylic acids is 2. The van der Waals surface area contributed by atoms with Crippen molar-refractivity contribution in [2.45, 2.75) is 0 Å². The van der Waals surface area contributed by atoms with Gasteiger partial charge in [0, 0.05) is 47.7 Å². The molecular weight excluding hydrogens is 416 g/mol. The first-order valence-corrected chi connectivity index (χ1v) is 9.75. The van der Waals surface area contributed by atoms with Crippen molar-refractivity contribution in [2.24, 2.45) is 9.98 Å². The third-order valence-electron chi connectivity index (χ3n) is 4.54. The van der Waals surface area contributed by atoms with Gasteiger partial charge < -0.3 is 21.3 Å². The van der Waals surface area contributed by atoms with Gasteiger partial charge in [-0.15, -0.1) is 12.4 Å². The zero-order chi connectivity index (χ0) is 20.8. The van der Waals surface area contributed by atoms with Crippen LogP contribution in [-0.4, -0.2) is 49.7 Å². The number of benzene rings is 2. The number of anilines is 2. The van der Waals surface area contributed by atoms with Gasteiger partial charge in [-0.3, -0.25) is 19.6 Å². The highest BCUT2D eigenvalue weighted by molar-refractivity contribution is 6.08. The number of nitrogens with one attached hydrogen (secondary N) is 4. The zero-order valence-corrected chi connectivity index (χ0v) is 17.5. The van der Waals surface area contributed by atoms with Gasteiger partial charge in [0.05, 0.1) is 13.1 Å². The molecule has 0 fully saturated rings. The summed E-state index contributed by atoms with van der Waals surface area (Å²) >= 11 is 0. The predicted molar refractivity (Wildman–Crippen MR) is 125 cm³/mol. The van der Waals surface area contributed by atoms with Crippen LogP contribution in [0.1, 0.15) is 11.1 Å². The van der Waals surface area contributed by atoms with Crippen molar-refractivity contribution < 1.29 is 9.59 Å². The van der Waals surface area contributed by atoms with Gasteiger partial charge in [-0.1, -0.05) is 24.3 Å². The average Bonchev–Trinajstić information content (AvgIpc) is 3.47. The molecule has 0 aromatic heterocycles. The third kappa shape index (κ3) is 5.93. The van der Waals surface area contributed by atoms with Crippen molar-refractivity contribution >= 4 is 47.3 Å². The highest BCUT2D eigenvalue weighted by Gasteiger charge is 2.10. The summed E-state index contributed by atoms with van der Waals surface area (Å²) in [5, 5.41) is 11.9. The number of hydrogen-bond acceptors (Lipinski definition) is 6. The summed E-state index contributed by atoms with van der Waals surface area (Å²) in [5.74, 6) is 0.868. The summed E-state index contributed by atoms with van der Waals surface area (Å²) in [7, 11) is 0. The summed E-state index contributed by atoms with van der Waals surface area (Å²) in [5.41, 5.74) is 3.09. The van der Waals surface area contributed by atoms with Crippen LogP contribution < -0.4 is 21.3 Å². The Balaban J connectivity index is 0.00000272. The highest BCUT2D eigenvalue weighted by Crippen LogP contribution is 2.13. The lowest BCUT2D eigenvalue weighted by Crippen LogP contribution is -2.20. The molecule has 8 nitrogen and oxygen atoms in total. The molecule has 2 aliphatic heterocycles. The lowest BCUT2D eigenvalue weighted by molar-refractivity contribution is -0.114. The Labute approximate surface area is 186 Å². The standard InChI is InChI=1S/C22H22N6O2.ClH/c29-19(27-17-5-1-3-15(13-17)21-23-9-10-24-21)7-8-20(30)28-18-6-2-4-16(14-18)22-25-11-12-26-22;/h1-8,13-14H,9-12H2,(H,23,24)(H,25,26)(H,27,29)(H,28,30);1H/b8-7+;. The number of rotatable bonds is 6. The van der Waals surface area contributed by atoms with Crippen LogP contribution in [0.25, 0.3) is 0 Å². The molecule has 0 saturated heterocycles. The van der Waals surface area contributed by atoms with Gasteiger partial charge in [0.25, 0.3) is 0 Å². The van der Waals surface area contributed by atoms with E-state index in [4.69, 9.17) is 0 Å². The van der Waals surface area contributed by atoms with Crippen molar-refractivity contribution in [2.75, 3.05) is 36.8 Å². The van der Waals surface area contributed by atoms with Crippen LogP contribution >= 0.6 is 12.4 Å². The molecule has 160 valence electrons. The molecule has 0 bridgehead atoms. The maximum absolute atomic E-state index is 12.2. The summed E-state index contributed by atoms with van der Waals surface area (Å²) in [6.45, 7) is 3.13. The molecule has 0 saturated carbocycles. The minimum absolute atomic E-state index is 0. The first kappa shape index (κ1) is 22.0. The fourth-order valence-corrected chi connectivity index (χ4v) is 3.19. The van der Waals surface area contributed by atoms with Crippen molar-refractivity contribution in [1.82, 2.24) is 10.6 Å². The van der Waals surface area contributed by atoms with E-state index in [1.807, 2.05) is 36.4 Å². The molecule has 2 amide bonds. The second-order valence-corrected chi connectivity index (χ2v) is 6.79. The molecule has 0 unspecified atom stereocenters. The Morgan fingerprint density at radius 3 is 1.61 bits per heavy atom. The van der Waals surface area contributed by atoms with E-state index in [0.29, 0.717) is 11.4 Å². The topological polar surface area (TPSA) is 107 Å². The maximum atomic E-state index is 12.2. The Bertz CT molecular complexity index is 980. The lowest BCUT2D eigenvalue weighted by Gasteiger charge is -2.07. The number of nitrogens with zero attached hydrogens (tertiary/aromatic N) is 2. The van der Waals surface area contributed by atoms with E-state index in [0.717, 1.165) is 49.0 Å². The summed E-state index contributed by atoms with van der Waals surface area (Å²) < 4.78 is 0. The van der Waals surface area contributed by atoms with Gasteiger partial charge in [0.2, 0.25) is 11.8 Å². The van der Waals surface area contributed by atoms with E-state index in [-0.39, 0.29) is 24.2 Å². The molecular formula is C22H23ClN6O2. The van der Waals surface area contributed by atoms with Crippen LogP contribution in [0, 0.1) is 0 Å². The molecule has 2 aromatic carbocycles. The monoisotopic (exact) mass is 438 g/mol. The smallest absolute Gasteiger partial charge is 0.248 e. The van der Waals surface area contributed by atoms with Crippen LogP contribution in [-0.2, 0) is 9.59 Å². The van der Waals surface area contributed by atoms with Gasteiger partial charge in [-0.05, 0) is 24.3 Å². The Morgan fingerprint density at radius 1 is 0.774 bits per heavy atom. The number of halogens is 1. The SMILES string of the molecule is Cl.O=C(/C=C/C(=O)Nc1cccc(C2=NCCN2)c1)Nc1cccc(C2=NCCN2)c1. The minimum atomic E-state index is -0.387. The molecule has 2 heterocycles. The molecule has 31 heavy (non-hydrogen) atoms. The van der Waals surface area contributed by atoms with Crippen molar-refractivity contribution in [3.63, 3.8) is 0 Å². The number of aliphatic imine (C=N–C) groups is 2. The Kier molecular flexibility index (Phi) is 7.40. The third-order valence-corrected chi connectivity index (χ3v) is 4.54. The molecule has 4 rings (SSSR count). The largest absolute Gasteiger partial charge is 0.368 e. The van der Waals surface area contributed by atoms with Gasteiger partial charge in [-0.25, -0.2) is 0 Å². The van der Waals surface area contributed by atoms with Crippen LogP contribution in [0.4, 0.5) is 11.4 Å². The Morgan fingerprint density at radius 2 is 1.23 bits per heavy atom. The number of carbonyl (C=O) groups is 2. The number of amides is 2. The van der Waals surface area contributed by atoms with Crippen molar-refractivity contribution in [1.29, 1.82) is 0 Å². The van der Waals surface area contributed by atoms with E-state index in [1.54, 1.807) is 12.1 Å². The average molecular weight is 439 g/mol. The summed E-state index contributed by atoms with van der Waals surface area (Å²) in [6.07, 6.45) is 2.42. The Hall–Kier alpha value is -3.65. The van der Waals surface area contributed by atoms with Crippen LogP contribution in [0.15, 0.2) is 70.7 Å². The molecule has 9 heteroatoms. The molecule has 0 radical (unpaired) electrons.